The van der Waals surface area contributed by atoms with Crippen LogP contribution in [0.4, 0.5) is 14.9 Å². The lowest BCUT2D eigenvalue weighted by Gasteiger charge is -2.34. The summed E-state index contributed by atoms with van der Waals surface area (Å²) >= 11 is 0. The Labute approximate surface area is 105 Å². The SMILES string of the molecule is CC1(NC(=O)Nc2ccncc2F)CCOCC1. The molecule has 2 heterocycles. The molecule has 1 fully saturated rings. The molecule has 1 aromatic rings. The first kappa shape index (κ1) is 12.8. The Hall–Kier alpha value is -1.69. The first-order valence-electron chi connectivity index (χ1n) is 5.85. The van der Waals surface area contributed by atoms with Crippen LogP contribution in [0.15, 0.2) is 18.5 Å². The average molecular weight is 253 g/mol. The fourth-order valence-corrected chi connectivity index (χ4v) is 1.85. The van der Waals surface area contributed by atoms with Crippen LogP contribution >= 0.6 is 0 Å². The Balaban J connectivity index is 1.94. The van der Waals surface area contributed by atoms with Crippen molar-refractivity contribution in [1.29, 1.82) is 0 Å². The molecule has 18 heavy (non-hydrogen) atoms. The minimum Gasteiger partial charge on any atom is -0.381 e. The molecule has 0 unspecified atom stereocenters. The number of anilines is 1. The van der Waals surface area contributed by atoms with E-state index >= 15 is 0 Å². The van der Waals surface area contributed by atoms with Crippen LogP contribution in [0.5, 0.6) is 0 Å². The smallest absolute Gasteiger partial charge is 0.319 e. The molecular weight excluding hydrogens is 237 g/mol. The standard InChI is InChI=1S/C12H16FN3O2/c1-12(3-6-18-7-4-12)16-11(17)15-10-2-5-14-8-9(10)13/h2,5,8H,3-4,6-7H2,1H3,(H2,14,15,16,17). The van der Waals surface area contributed by atoms with E-state index < -0.39 is 11.8 Å². The maximum atomic E-state index is 13.3. The fourth-order valence-electron chi connectivity index (χ4n) is 1.85. The zero-order valence-corrected chi connectivity index (χ0v) is 10.2. The lowest BCUT2D eigenvalue weighted by atomic mass is 9.93. The third-order valence-electron chi connectivity index (χ3n) is 3.03. The second-order valence-electron chi connectivity index (χ2n) is 4.61. The molecule has 0 radical (unpaired) electrons. The van der Waals surface area contributed by atoms with Gasteiger partial charge in [-0.15, -0.1) is 0 Å². The van der Waals surface area contributed by atoms with Crippen molar-refractivity contribution < 1.29 is 13.9 Å². The molecule has 0 aliphatic carbocycles. The zero-order chi connectivity index (χ0) is 13.0. The minimum atomic E-state index is -0.551. The summed E-state index contributed by atoms with van der Waals surface area (Å²) in [6.07, 6.45) is 3.99. The molecule has 1 saturated heterocycles. The van der Waals surface area contributed by atoms with Gasteiger partial charge in [-0.25, -0.2) is 9.18 Å². The third kappa shape index (κ3) is 3.16. The number of aromatic nitrogens is 1. The lowest BCUT2D eigenvalue weighted by Crippen LogP contribution is -2.51. The van der Waals surface area contributed by atoms with E-state index in [1.54, 1.807) is 0 Å². The van der Waals surface area contributed by atoms with Crippen molar-refractivity contribution in [3.8, 4) is 0 Å². The first-order valence-corrected chi connectivity index (χ1v) is 5.85. The number of carbonyl (C=O) groups is 1. The molecule has 2 amide bonds. The number of pyridine rings is 1. The highest BCUT2D eigenvalue weighted by Crippen LogP contribution is 2.20. The van der Waals surface area contributed by atoms with Crippen LogP contribution < -0.4 is 10.6 Å². The summed E-state index contributed by atoms with van der Waals surface area (Å²) < 4.78 is 18.5. The third-order valence-corrected chi connectivity index (χ3v) is 3.03. The Morgan fingerprint density at radius 3 is 2.89 bits per heavy atom. The Morgan fingerprint density at radius 2 is 2.22 bits per heavy atom. The summed E-state index contributed by atoms with van der Waals surface area (Å²) in [4.78, 5) is 15.4. The number of halogens is 1. The van der Waals surface area contributed by atoms with Crippen molar-refractivity contribution in [1.82, 2.24) is 10.3 Å². The van der Waals surface area contributed by atoms with Crippen LogP contribution in [0.2, 0.25) is 0 Å². The second-order valence-corrected chi connectivity index (χ2v) is 4.61. The number of hydrogen-bond donors (Lipinski definition) is 2. The van der Waals surface area contributed by atoms with E-state index in [-0.39, 0.29) is 11.2 Å². The summed E-state index contributed by atoms with van der Waals surface area (Å²) in [5, 5.41) is 5.33. The highest BCUT2D eigenvalue weighted by atomic mass is 19.1. The van der Waals surface area contributed by atoms with Gasteiger partial charge in [0.15, 0.2) is 5.82 Å². The van der Waals surface area contributed by atoms with Crippen molar-refractivity contribution in [2.45, 2.75) is 25.3 Å². The highest BCUT2D eigenvalue weighted by Gasteiger charge is 2.29. The van der Waals surface area contributed by atoms with E-state index in [1.807, 2.05) is 6.92 Å². The van der Waals surface area contributed by atoms with Gasteiger partial charge in [-0.3, -0.25) is 4.98 Å². The molecule has 0 bridgehead atoms. The van der Waals surface area contributed by atoms with Crippen molar-refractivity contribution in [3.05, 3.63) is 24.3 Å². The summed E-state index contributed by atoms with van der Waals surface area (Å²) in [6.45, 7) is 3.21. The predicted molar refractivity (Wildman–Crippen MR) is 64.8 cm³/mol. The quantitative estimate of drug-likeness (QED) is 0.846. The van der Waals surface area contributed by atoms with Gasteiger partial charge in [-0.2, -0.15) is 0 Å². The molecule has 1 aliphatic rings. The zero-order valence-electron chi connectivity index (χ0n) is 10.2. The number of urea groups is 1. The highest BCUT2D eigenvalue weighted by molar-refractivity contribution is 5.89. The van der Waals surface area contributed by atoms with E-state index in [0.29, 0.717) is 13.2 Å². The number of hydrogen-bond acceptors (Lipinski definition) is 3. The Kier molecular flexibility index (Phi) is 3.76. The van der Waals surface area contributed by atoms with E-state index in [9.17, 15) is 9.18 Å². The normalized spacial score (nSPS) is 18.1. The molecule has 6 heteroatoms. The summed E-state index contributed by atoms with van der Waals surface area (Å²) in [6, 6.07) is 1.01. The van der Waals surface area contributed by atoms with Gasteiger partial charge in [0.05, 0.1) is 11.9 Å². The number of nitrogens with zero attached hydrogens (tertiary/aromatic N) is 1. The first-order chi connectivity index (χ1) is 8.59. The second kappa shape index (κ2) is 5.30. The van der Waals surface area contributed by atoms with Gasteiger partial charge < -0.3 is 15.4 Å². The van der Waals surface area contributed by atoms with E-state index in [2.05, 4.69) is 15.6 Å². The number of carbonyl (C=O) groups excluding carboxylic acids is 1. The van der Waals surface area contributed by atoms with E-state index in [4.69, 9.17) is 4.74 Å². The fraction of sp³-hybridized carbons (Fsp3) is 0.500. The molecule has 1 aliphatic heterocycles. The molecule has 0 atom stereocenters. The van der Waals surface area contributed by atoms with Gasteiger partial charge in [0.1, 0.15) is 0 Å². The monoisotopic (exact) mass is 253 g/mol. The van der Waals surface area contributed by atoms with Gasteiger partial charge in [0.2, 0.25) is 0 Å². The maximum absolute atomic E-state index is 13.3. The van der Waals surface area contributed by atoms with Gasteiger partial charge in [0.25, 0.3) is 0 Å². The van der Waals surface area contributed by atoms with Crippen molar-refractivity contribution in [2.75, 3.05) is 18.5 Å². The Morgan fingerprint density at radius 1 is 1.50 bits per heavy atom. The molecular formula is C12H16FN3O2. The van der Waals surface area contributed by atoms with Crippen molar-refractivity contribution in [2.24, 2.45) is 0 Å². The maximum Gasteiger partial charge on any atom is 0.319 e. The number of rotatable bonds is 2. The van der Waals surface area contributed by atoms with Crippen LogP contribution in [-0.4, -0.2) is 29.8 Å². The van der Waals surface area contributed by atoms with Crippen molar-refractivity contribution in [3.63, 3.8) is 0 Å². The number of nitrogens with one attached hydrogen (secondary N) is 2. The van der Waals surface area contributed by atoms with Gasteiger partial charge in [0, 0.05) is 24.9 Å². The molecule has 0 aromatic carbocycles. The predicted octanol–water partition coefficient (Wildman–Crippen LogP) is 1.91. The van der Waals surface area contributed by atoms with E-state index in [1.165, 1.54) is 12.3 Å². The van der Waals surface area contributed by atoms with Crippen LogP contribution in [0.25, 0.3) is 0 Å². The van der Waals surface area contributed by atoms with Gasteiger partial charge in [-0.1, -0.05) is 0 Å². The number of amides is 2. The topological polar surface area (TPSA) is 63.2 Å². The molecule has 2 N–H and O–H groups in total. The summed E-state index contributed by atoms with van der Waals surface area (Å²) in [5.41, 5.74) is -0.176. The average Bonchev–Trinajstić information content (AvgIpc) is 2.32. The van der Waals surface area contributed by atoms with Crippen LogP contribution in [-0.2, 0) is 4.74 Å². The lowest BCUT2D eigenvalue weighted by molar-refractivity contribution is 0.0499. The molecule has 2 rings (SSSR count). The summed E-state index contributed by atoms with van der Waals surface area (Å²) in [7, 11) is 0. The minimum absolute atomic E-state index is 0.123. The summed E-state index contributed by atoms with van der Waals surface area (Å²) in [5.74, 6) is -0.551. The number of ether oxygens (including phenoxy) is 1. The largest absolute Gasteiger partial charge is 0.381 e. The van der Waals surface area contributed by atoms with E-state index in [0.717, 1.165) is 19.0 Å². The van der Waals surface area contributed by atoms with Gasteiger partial charge >= 0.3 is 6.03 Å². The molecule has 0 saturated carbocycles. The molecule has 1 aromatic heterocycles. The van der Waals surface area contributed by atoms with Crippen LogP contribution in [0.1, 0.15) is 19.8 Å². The molecule has 98 valence electrons. The Bertz CT molecular complexity index is 433. The van der Waals surface area contributed by atoms with Crippen LogP contribution in [0.3, 0.4) is 0 Å². The van der Waals surface area contributed by atoms with Gasteiger partial charge in [-0.05, 0) is 25.8 Å². The molecule has 0 spiro atoms. The van der Waals surface area contributed by atoms with Crippen LogP contribution in [0, 0.1) is 5.82 Å². The van der Waals surface area contributed by atoms with Crippen molar-refractivity contribution >= 4 is 11.7 Å². The molecule has 5 nitrogen and oxygen atoms in total.